The van der Waals surface area contributed by atoms with Crippen LogP contribution in [0.15, 0.2) is 0 Å². The first-order chi connectivity index (χ1) is 8.16. The molecule has 0 spiro atoms. The van der Waals surface area contributed by atoms with Crippen LogP contribution in [0.5, 0.6) is 0 Å². The lowest BCUT2D eigenvalue weighted by molar-refractivity contribution is 0.554. The average Bonchev–Trinajstić information content (AvgIpc) is 2.87. The normalized spacial score (nSPS) is 17.2. The maximum Gasteiger partial charge on any atom is 0.0962 e. The van der Waals surface area contributed by atoms with Gasteiger partial charge in [0.05, 0.1) is 10.7 Å². The molecule has 0 saturated heterocycles. The third kappa shape index (κ3) is 3.52. The molecule has 0 bridgehead atoms. The fraction of sp³-hybridized carbons (Fsp3) is 0.786. The summed E-state index contributed by atoms with van der Waals surface area (Å²) in [6, 6.07) is 0. The molecule has 1 aromatic rings. The van der Waals surface area contributed by atoms with Crippen LogP contribution in [-0.4, -0.2) is 11.5 Å². The zero-order chi connectivity index (χ0) is 12.3. The molecule has 1 N–H and O–H groups in total. The second-order valence-corrected chi connectivity index (χ2v) is 6.68. The Labute approximate surface area is 109 Å². The van der Waals surface area contributed by atoms with Crippen LogP contribution in [0.1, 0.15) is 61.0 Å². The van der Waals surface area contributed by atoms with Crippen LogP contribution in [0, 0.1) is 12.8 Å². The minimum atomic E-state index is 0.720. The van der Waals surface area contributed by atoms with Crippen LogP contribution in [-0.2, 0) is 6.54 Å². The van der Waals surface area contributed by atoms with Crippen molar-refractivity contribution in [3.63, 3.8) is 0 Å². The van der Waals surface area contributed by atoms with Gasteiger partial charge in [0.2, 0.25) is 0 Å². The molecule has 3 heteroatoms. The van der Waals surface area contributed by atoms with Gasteiger partial charge in [-0.15, -0.1) is 11.3 Å². The van der Waals surface area contributed by atoms with Gasteiger partial charge in [0.25, 0.3) is 0 Å². The Balaban J connectivity index is 1.93. The quantitative estimate of drug-likeness (QED) is 0.861. The number of aryl methyl sites for hydroxylation is 1. The van der Waals surface area contributed by atoms with Crippen molar-refractivity contribution in [3.8, 4) is 0 Å². The fourth-order valence-electron chi connectivity index (χ4n) is 2.44. The first-order valence-electron chi connectivity index (χ1n) is 6.83. The second kappa shape index (κ2) is 5.96. The molecule has 17 heavy (non-hydrogen) atoms. The summed E-state index contributed by atoms with van der Waals surface area (Å²) in [5.41, 5.74) is 1.24. The zero-order valence-corrected chi connectivity index (χ0v) is 12.1. The summed E-state index contributed by atoms with van der Waals surface area (Å²) in [6.07, 6.45) is 5.49. The smallest absolute Gasteiger partial charge is 0.0962 e. The molecule has 0 unspecified atom stereocenters. The van der Waals surface area contributed by atoms with Crippen molar-refractivity contribution in [1.82, 2.24) is 10.3 Å². The lowest BCUT2D eigenvalue weighted by Crippen LogP contribution is -2.18. The number of hydrogen-bond donors (Lipinski definition) is 1. The van der Waals surface area contributed by atoms with Gasteiger partial charge in [-0.1, -0.05) is 26.7 Å². The van der Waals surface area contributed by atoms with Gasteiger partial charge >= 0.3 is 0 Å². The minimum absolute atomic E-state index is 0.720. The third-order valence-electron chi connectivity index (χ3n) is 3.45. The summed E-state index contributed by atoms with van der Waals surface area (Å²) >= 11 is 1.93. The minimum Gasteiger partial charge on any atom is -0.312 e. The maximum atomic E-state index is 4.77. The summed E-state index contributed by atoms with van der Waals surface area (Å²) in [5, 5.41) is 4.91. The van der Waals surface area contributed by atoms with Crippen molar-refractivity contribution in [1.29, 1.82) is 0 Å². The van der Waals surface area contributed by atoms with E-state index in [-0.39, 0.29) is 0 Å². The van der Waals surface area contributed by atoms with E-state index in [4.69, 9.17) is 4.98 Å². The van der Waals surface area contributed by atoms with Crippen molar-refractivity contribution < 1.29 is 0 Å². The van der Waals surface area contributed by atoms with Crippen LogP contribution >= 0.6 is 11.3 Å². The predicted molar refractivity (Wildman–Crippen MR) is 74.6 cm³/mol. The van der Waals surface area contributed by atoms with Crippen LogP contribution in [0.25, 0.3) is 0 Å². The van der Waals surface area contributed by atoms with Gasteiger partial charge in [-0.05, 0) is 32.2 Å². The number of aromatic nitrogens is 1. The maximum absolute atomic E-state index is 4.77. The lowest BCUT2D eigenvalue weighted by Gasteiger charge is -2.06. The van der Waals surface area contributed by atoms with Crippen LogP contribution in [0.2, 0.25) is 0 Å². The Hall–Kier alpha value is -0.410. The van der Waals surface area contributed by atoms with E-state index in [9.17, 15) is 0 Å². The van der Waals surface area contributed by atoms with E-state index in [1.54, 1.807) is 0 Å². The van der Waals surface area contributed by atoms with E-state index in [1.807, 2.05) is 11.3 Å². The van der Waals surface area contributed by atoms with Gasteiger partial charge < -0.3 is 5.32 Å². The molecular formula is C14H24N2S. The lowest BCUT2D eigenvalue weighted by atomic mass is 10.1. The Morgan fingerprint density at radius 1 is 1.35 bits per heavy atom. The molecule has 1 saturated carbocycles. The summed E-state index contributed by atoms with van der Waals surface area (Å²) in [6.45, 7) is 8.73. The molecular weight excluding hydrogens is 228 g/mol. The monoisotopic (exact) mass is 252 g/mol. The second-order valence-electron chi connectivity index (χ2n) is 5.57. The predicted octanol–water partition coefficient (Wildman–Crippen LogP) is 3.85. The highest BCUT2D eigenvalue weighted by atomic mass is 32.1. The van der Waals surface area contributed by atoms with Crippen molar-refractivity contribution in [3.05, 3.63) is 15.6 Å². The Bertz CT molecular complexity index is 351. The van der Waals surface area contributed by atoms with Gasteiger partial charge in [-0.25, -0.2) is 4.98 Å². The van der Waals surface area contributed by atoms with Gasteiger partial charge in [0.1, 0.15) is 0 Å². The summed E-state index contributed by atoms with van der Waals surface area (Å²) in [7, 11) is 0. The molecule has 0 aliphatic heterocycles. The molecule has 0 radical (unpaired) electrons. The summed E-state index contributed by atoms with van der Waals surface area (Å²) in [4.78, 5) is 6.21. The van der Waals surface area contributed by atoms with E-state index in [2.05, 4.69) is 26.1 Å². The van der Waals surface area contributed by atoms with Crippen LogP contribution in [0.4, 0.5) is 0 Å². The Morgan fingerprint density at radius 2 is 2.06 bits per heavy atom. The molecule has 0 amide bonds. The third-order valence-corrected chi connectivity index (χ3v) is 4.77. The molecule has 2 rings (SSSR count). The van der Waals surface area contributed by atoms with Crippen LogP contribution in [0.3, 0.4) is 0 Å². The van der Waals surface area contributed by atoms with E-state index in [1.165, 1.54) is 41.3 Å². The fourth-order valence-corrected chi connectivity index (χ4v) is 3.64. The molecule has 0 atom stereocenters. The highest BCUT2D eigenvalue weighted by Gasteiger charge is 2.21. The van der Waals surface area contributed by atoms with Crippen molar-refractivity contribution in [2.75, 3.05) is 6.54 Å². The molecule has 1 fully saturated rings. The van der Waals surface area contributed by atoms with Gasteiger partial charge in [0, 0.05) is 17.3 Å². The van der Waals surface area contributed by atoms with Crippen molar-refractivity contribution in [2.24, 2.45) is 5.92 Å². The van der Waals surface area contributed by atoms with Gasteiger partial charge in [0.15, 0.2) is 0 Å². The number of rotatable bonds is 5. The van der Waals surface area contributed by atoms with E-state index in [0.717, 1.165) is 24.9 Å². The molecule has 1 aliphatic rings. The van der Waals surface area contributed by atoms with E-state index < -0.39 is 0 Å². The summed E-state index contributed by atoms with van der Waals surface area (Å²) < 4.78 is 0. The van der Waals surface area contributed by atoms with Crippen molar-refractivity contribution >= 4 is 11.3 Å². The topological polar surface area (TPSA) is 24.9 Å². The first kappa shape index (κ1) is 13.0. The van der Waals surface area contributed by atoms with Crippen molar-refractivity contribution in [2.45, 2.75) is 58.9 Å². The van der Waals surface area contributed by atoms with Gasteiger partial charge in [-0.3, -0.25) is 0 Å². The molecule has 2 nitrogen and oxygen atoms in total. The standard InChI is InChI=1S/C14H24N2S/c1-10(2)8-15-9-13-11(3)16-14(17-13)12-6-4-5-7-12/h10,12,15H,4-9H2,1-3H3. The highest BCUT2D eigenvalue weighted by Crippen LogP contribution is 2.36. The zero-order valence-electron chi connectivity index (χ0n) is 11.3. The number of nitrogens with zero attached hydrogens (tertiary/aromatic N) is 1. The molecule has 1 aliphatic carbocycles. The molecule has 1 heterocycles. The number of thiazole rings is 1. The summed E-state index contributed by atoms with van der Waals surface area (Å²) in [5.74, 6) is 1.48. The molecule has 1 aromatic heterocycles. The highest BCUT2D eigenvalue weighted by molar-refractivity contribution is 7.11. The SMILES string of the molecule is Cc1nc(C2CCCC2)sc1CNCC(C)C. The molecule has 96 valence electrons. The Kier molecular flexibility index (Phi) is 4.57. The average molecular weight is 252 g/mol. The first-order valence-corrected chi connectivity index (χ1v) is 7.65. The number of hydrogen-bond acceptors (Lipinski definition) is 3. The Morgan fingerprint density at radius 3 is 2.71 bits per heavy atom. The largest absolute Gasteiger partial charge is 0.312 e. The molecule has 0 aromatic carbocycles. The number of nitrogens with one attached hydrogen (secondary N) is 1. The van der Waals surface area contributed by atoms with E-state index in [0.29, 0.717) is 0 Å². The van der Waals surface area contributed by atoms with Gasteiger partial charge in [-0.2, -0.15) is 0 Å². The van der Waals surface area contributed by atoms with E-state index >= 15 is 0 Å². The van der Waals surface area contributed by atoms with Crippen LogP contribution < -0.4 is 5.32 Å².